The number of carbonyl (C=O) groups excluding carboxylic acids is 1. The summed E-state index contributed by atoms with van der Waals surface area (Å²) < 4.78 is 18.7. The van der Waals surface area contributed by atoms with Crippen LogP contribution in [-0.2, 0) is 0 Å². The summed E-state index contributed by atoms with van der Waals surface area (Å²) in [5, 5.41) is 8.76. The van der Waals surface area contributed by atoms with Crippen LogP contribution in [0.1, 0.15) is 28.0 Å². The van der Waals surface area contributed by atoms with Crippen LogP contribution in [0.15, 0.2) is 40.8 Å². The molecule has 1 aromatic carbocycles. The number of hydrogen-bond acceptors (Lipinski definition) is 3. The zero-order valence-corrected chi connectivity index (χ0v) is 10.7. The molecule has 0 saturated carbocycles. The van der Waals surface area contributed by atoms with E-state index in [0.717, 1.165) is 0 Å². The Morgan fingerprint density at radius 1 is 1.20 bits per heavy atom. The first-order chi connectivity index (χ1) is 9.54. The van der Waals surface area contributed by atoms with E-state index in [1.807, 2.05) is 0 Å². The summed E-state index contributed by atoms with van der Waals surface area (Å²) in [6.45, 7) is 1.91. The molecule has 0 atom stereocenters. The Labute approximate surface area is 114 Å². The van der Waals surface area contributed by atoms with E-state index < -0.39 is 17.7 Å². The molecule has 1 heterocycles. The van der Waals surface area contributed by atoms with Crippen LogP contribution >= 0.6 is 0 Å². The molecule has 0 saturated heterocycles. The number of carboxylic acids is 1. The third kappa shape index (κ3) is 2.54. The van der Waals surface area contributed by atoms with Gasteiger partial charge in [0.05, 0.1) is 5.69 Å². The van der Waals surface area contributed by atoms with Gasteiger partial charge in [0.2, 0.25) is 5.76 Å². The highest BCUT2D eigenvalue weighted by Crippen LogP contribution is 2.21. The maximum atomic E-state index is 13.7. The second kappa shape index (κ2) is 5.56. The Bertz CT molecular complexity index is 650. The molecule has 0 bridgehead atoms. The lowest BCUT2D eigenvalue weighted by atomic mass is 10.2. The van der Waals surface area contributed by atoms with Gasteiger partial charge in [-0.25, -0.2) is 9.18 Å². The fourth-order valence-corrected chi connectivity index (χ4v) is 1.79. The Kier molecular flexibility index (Phi) is 3.84. The van der Waals surface area contributed by atoms with Crippen LogP contribution in [0, 0.1) is 5.82 Å². The van der Waals surface area contributed by atoms with Crippen molar-refractivity contribution < 1.29 is 23.5 Å². The fourth-order valence-electron chi connectivity index (χ4n) is 1.79. The van der Waals surface area contributed by atoms with Gasteiger partial charge < -0.3 is 14.4 Å². The standard InChI is InChI=1S/C14H12FNO4/c1-2-16(10-6-4-3-5-9(10)15)13(17)11-7-8-12(20-11)14(18)19/h3-8H,2H2,1H3,(H,18,19). The highest BCUT2D eigenvalue weighted by Gasteiger charge is 2.22. The molecule has 0 unspecified atom stereocenters. The molecule has 0 fully saturated rings. The summed E-state index contributed by atoms with van der Waals surface area (Å²) in [7, 11) is 0. The van der Waals surface area contributed by atoms with Gasteiger partial charge in [-0.05, 0) is 31.2 Å². The highest BCUT2D eigenvalue weighted by molar-refractivity contribution is 6.04. The summed E-state index contributed by atoms with van der Waals surface area (Å²) in [6.07, 6.45) is 0. The summed E-state index contributed by atoms with van der Waals surface area (Å²) in [5.74, 6) is -2.87. The maximum absolute atomic E-state index is 13.7. The molecule has 6 heteroatoms. The van der Waals surface area contributed by atoms with Crippen LogP contribution in [0.5, 0.6) is 0 Å². The maximum Gasteiger partial charge on any atom is 0.371 e. The van der Waals surface area contributed by atoms with Crippen LogP contribution < -0.4 is 4.90 Å². The third-order valence-electron chi connectivity index (χ3n) is 2.73. The lowest BCUT2D eigenvalue weighted by molar-refractivity contribution is 0.0660. The fraction of sp³-hybridized carbons (Fsp3) is 0.143. The summed E-state index contributed by atoms with van der Waals surface area (Å²) >= 11 is 0. The molecule has 0 aliphatic heterocycles. The van der Waals surface area contributed by atoms with Gasteiger partial charge in [-0.1, -0.05) is 12.1 Å². The van der Waals surface area contributed by atoms with Crippen molar-refractivity contribution in [1.29, 1.82) is 0 Å². The van der Waals surface area contributed by atoms with Gasteiger partial charge in [0.1, 0.15) is 5.82 Å². The van der Waals surface area contributed by atoms with E-state index in [1.54, 1.807) is 13.0 Å². The Morgan fingerprint density at radius 2 is 1.85 bits per heavy atom. The van der Waals surface area contributed by atoms with Crippen molar-refractivity contribution in [3.63, 3.8) is 0 Å². The van der Waals surface area contributed by atoms with Crippen molar-refractivity contribution in [2.75, 3.05) is 11.4 Å². The van der Waals surface area contributed by atoms with Gasteiger partial charge in [-0.2, -0.15) is 0 Å². The molecule has 20 heavy (non-hydrogen) atoms. The van der Waals surface area contributed by atoms with E-state index in [0.29, 0.717) is 0 Å². The van der Waals surface area contributed by atoms with Crippen molar-refractivity contribution in [2.45, 2.75) is 6.92 Å². The highest BCUT2D eigenvalue weighted by atomic mass is 19.1. The minimum absolute atomic E-state index is 0.119. The predicted molar refractivity (Wildman–Crippen MR) is 69.4 cm³/mol. The minimum atomic E-state index is -1.27. The SMILES string of the molecule is CCN(C(=O)c1ccc(C(=O)O)o1)c1ccccc1F. The molecule has 0 radical (unpaired) electrons. The van der Waals surface area contributed by atoms with Gasteiger partial charge in [0.15, 0.2) is 5.76 Å². The molecule has 2 aromatic rings. The smallest absolute Gasteiger partial charge is 0.371 e. The van der Waals surface area contributed by atoms with Crippen molar-refractivity contribution in [3.8, 4) is 0 Å². The van der Waals surface area contributed by atoms with Crippen molar-refractivity contribution in [2.24, 2.45) is 0 Å². The minimum Gasteiger partial charge on any atom is -0.475 e. The first-order valence-corrected chi connectivity index (χ1v) is 5.94. The Balaban J connectivity index is 2.34. The van der Waals surface area contributed by atoms with E-state index >= 15 is 0 Å². The second-order valence-corrected chi connectivity index (χ2v) is 3.97. The lowest BCUT2D eigenvalue weighted by Crippen LogP contribution is -2.31. The Morgan fingerprint density at radius 3 is 2.40 bits per heavy atom. The van der Waals surface area contributed by atoms with Gasteiger partial charge in [0, 0.05) is 6.54 Å². The molecule has 1 N–H and O–H groups in total. The monoisotopic (exact) mass is 277 g/mol. The first kappa shape index (κ1) is 13.8. The quantitative estimate of drug-likeness (QED) is 0.932. The van der Waals surface area contributed by atoms with Crippen LogP contribution in [0.4, 0.5) is 10.1 Å². The number of aromatic carboxylic acids is 1. The Hall–Kier alpha value is -2.63. The third-order valence-corrected chi connectivity index (χ3v) is 2.73. The number of rotatable bonds is 4. The second-order valence-electron chi connectivity index (χ2n) is 3.97. The zero-order valence-electron chi connectivity index (χ0n) is 10.7. The number of carbonyl (C=O) groups is 2. The molecular weight excluding hydrogens is 265 g/mol. The summed E-state index contributed by atoms with van der Waals surface area (Å²) in [4.78, 5) is 24.1. The molecule has 1 aromatic heterocycles. The van der Waals surface area contributed by atoms with Crippen LogP contribution in [0.2, 0.25) is 0 Å². The first-order valence-electron chi connectivity index (χ1n) is 5.94. The van der Waals surface area contributed by atoms with Crippen molar-refractivity contribution in [1.82, 2.24) is 0 Å². The molecule has 0 spiro atoms. The van der Waals surface area contributed by atoms with Gasteiger partial charge in [-0.15, -0.1) is 0 Å². The molecule has 1 amide bonds. The van der Waals surface area contributed by atoms with Crippen LogP contribution in [0.3, 0.4) is 0 Å². The van der Waals surface area contributed by atoms with E-state index in [2.05, 4.69) is 0 Å². The van der Waals surface area contributed by atoms with Crippen LogP contribution in [0.25, 0.3) is 0 Å². The van der Waals surface area contributed by atoms with E-state index in [1.165, 1.54) is 35.2 Å². The molecule has 0 aliphatic rings. The van der Waals surface area contributed by atoms with Crippen molar-refractivity contribution in [3.05, 3.63) is 53.7 Å². The molecule has 2 rings (SSSR count). The molecule has 5 nitrogen and oxygen atoms in total. The van der Waals surface area contributed by atoms with Crippen molar-refractivity contribution >= 4 is 17.6 Å². The predicted octanol–water partition coefficient (Wildman–Crippen LogP) is 2.78. The number of benzene rings is 1. The topological polar surface area (TPSA) is 70.8 Å². The molecule has 0 aliphatic carbocycles. The van der Waals surface area contributed by atoms with Crippen LogP contribution in [-0.4, -0.2) is 23.5 Å². The number of furan rings is 1. The van der Waals surface area contributed by atoms with Gasteiger partial charge in [-0.3, -0.25) is 4.79 Å². The van der Waals surface area contributed by atoms with E-state index in [-0.39, 0.29) is 23.8 Å². The number of nitrogens with zero attached hydrogens (tertiary/aromatic N) is 1. The number of hydrogen-bond donors (Lipinski definition) is 1. The number of halogens is 1. The van der Waals surface area contributed by atoms with Gasteiger partial charge >= 0.3 is 5.97 Å². The number of anilines is 1. The number of amides is 1. The normalized spacial score (nSPS) is 10.3. The molecular formula is C14H12FNO4. The zero-order chi connectivity index (χ0) is 14.7. The van der Waals surface area contributed by atoms with E-state index in [4.69, 9.17) is 9.52 Å². The van der Waals surface area contributed by atoms with E-state index in [9.17, 15) is 14.0 Å². The summed E-state index contributed by atoms with van der Waals surface area (Å²) in [6, 6.07) is 8.29. The number of carboxylic acid groups (broad SMARTS) is 1. The van der Waals surface area contributed by atoms with Gasteiger partial charge in [0.25, 0.3) is 5.91 Å². The lowest BCUT2D eigenvalue weighted by Gasteiger charge is -2.20. The molecule has 104 valence electrons. The number of para-hydroxylation sites is 1. The summed E-state index contributed by atoms with van der Waals surface area (Å²) in [5.41, 5.74) is 0.119. The average Bonchev–Trinajstić information content (AvgIpc) is 2.91. The largest absolute Gasteiger partial charge is 0.475 e. The average molecular weight is 277 g/mol.